The molecule has 2 rings (SSSR count). The van der Waals surface area contributed by atoms with Gasteiger partial charge < -0.3 is 15.4 Å². The molecule has 6 nitrogen and oxygen atoms in total. The van der Waals surface area contributed by atoms with E-state index in [9.17, 15) is 4.79 Å². The highest BCUT2D eigenvalue weighted by atomic mass is 16.5. The van der Waals surface area contributed by atoms with Crippen LogP contribution in [0, 0.1) is 5.92 Å². The number of carbonyl (C=O) groups excluding carboxylic acids is 1. The SMILES string of the molecule is CC(COC(=O)c1ccncn1)CN1CCC(N)CC1. The van der Waals surface area contributed by atoms with E-state index in [2.05, 4.69) is 21.8 Å². The van der Waals surface area contributed by atoms with E-state index in [0.717, 1.165) is 32.5 Å². The fourth-order valence-corrected chi connectivity index (χ4v) is 2.33. The lowest BCUT2D eigenvalue weighted by Crippen LogP contribution is -2.42. The van der Waals surface area contributed by atoms with Crippen LogP contribution < -0.4 is 5.73 Å². The third-order valence-electron chi connectivity index (χ3n) is 3.49. The van der Waals surface area contributed by atoms with Gasteiger partial charge in [-0.15, -0.1) is 0 Å². The maximum atomic E-state index is 11.7. The Kier molecular flexibility index (Phi) is 5.43. The van der Waals surface area contributed by atoms with Crippen molar-refractivity contribution in [2.24, 2.45) is 11.7 Å². The van der Waals surface area contributed by atoms with Crippen LogP contribution in [0.5, 0.6) is 0 Å². The van der Waals surface area contributed by atoms with E-state index in [1.807, 2.05) is 0 Å². The van der Waals surface area contributed by atoms with Crippen LogP contribution in [0.3, 0.4) is 0 Å². The van der Waals surface area contributed by atoms with Crippen molar-refractivity contribution in [3.05, 3.63) is 24.3 Å². The van der Waals surface area contributed by atoms with Gasteiger partial charge in [0.1, 0.15) is 6.33 Å². The van der Waals surface area contributed by atoms with Crippen molar-refractivity contribution >= 4 is 5.97 Å². The van der Waals surface area contributed by atoms with Crippen molar-refractivity contribution in [3.63, 3.8) is 0 Å². The molecule has 0 saturated carbocycles. The summed E-state index contributed by atoms with van der Waals surface area (Å²) >= 11 is 0. The molecule has 110 valence electrons. The summed E-state index contributed by atoms with van der Waals surface area (Å²) < 4.78 is 5.27. The molecule has 1 fully saturated rings. The fourth-order valence-electron chi connectivity index (χ4n) is 2.33. The zero-order valence-electron chi connectivity index (χ0n) is 11.9. The topological polar surface area (TPSA) is 81.3 Å². The van der Waals surface area contributed by atoms with E-state index in [-0.39, 0.29) is 5.97 Å². The minimum absolute atomic E-state index is 0.301. The number of hydrogen-bond acceptors (Lipinski definition) is 6. The number of esters is 1. The summed E-state index contributed by atoms with van der Waals surface area (Å²) in [6.45, 7) is 5.49. The van der Waals surface area contributed by atoms with E-state index < -0.39 is 0 Å². The molecular weight excluding hydrogens is 256 g/mol. The van der Waals surface area contributed by atoms with Crippen molar-refractivity contribution in [2.75, 3.05) is 26.2 Å². The number of aromatic nitrogens is 2. The number of nitrogens with zero attached hydrogens (tertiary/aromatic N) is 3. The molecule has 1 atom stereocenters. The number of hydrogen-bond donors (Lipinski definition) is 1. The van der Waals surface area contributed by atoms with Crippen molar-refractivity contribution in [2.45, 2.75) is 25.8 Å². The second kappa shape index (κ2) is 7.31. The third kappa shape index (κ3) is 4.54. The van der Waals surface area contributed by atoms with Crippen molar-refractivity contribution < 1.29 is 9.53 Å². The molecule has 1 unspecified atom stereocenters. The standard InChI is InChI=1S/C14H22N4O2/c1-11(8-18-6-3-12(15)4-7-18)9-20-14(19)13-2-5-16-10-17-13/h2,5,10-12H,3-4,6-9,15H2,1H3. The highest BCUT2D eigenvalue weighted by Gasteiger charge is 2.18. The molecule has 1 saturated heterocycles. The average Bonchev–Trinajstić information content (AvgIpc) is 2.48. The molecule has 0 bridgehead atoms. The third-order valence-corrected chi connectivity index (χ3v) is 3.49. The van der Waals surface area contributed by atoms with Gasteiger partial charge in [0.25, 0.3) is 0 Å². The predicted octanol–water partition coefficient (Wildman–Crippen LogP) is 0.693. The van der Waals surface area contributed by atoms with E-state index in [1.165, 1.54) is 12.5 Å². The normalized spacial score (nSPS) is 18.7. The summed E-state index contributed by atoms with van der Waals surface area (Å²) in [6, 6.07) is 1.90. The van der Waals surface area contributed by atoms with E-state index >= 15 is 0 Å². The first-order valence-corrected chi connectivity index (χ1v) is 7.06. The van der Waals surface area contributed by atoms with E-state index in [0.29, 0.717) is 24.3 Å². The van der Waals surface area contributed by atoms with Crippen LogP contribution in [-0.4, -0.2) is 53.1 Å². The Morgan fingerprint density at radius 2 is 2.30 bits per heavy atom. The van der Waals surface area contributed by atoms with Gasteiger partial charge in [-0.3, -0.25) is 0 Å². The summed E-state index contributed by atoms with van der Waals surface area (Å²) in [7, 11) is 0. The fraction of sp³-hybridized carbons (Fsp3) is 0.643. The molecule has 0 aliphatic carbocycles. The van der Waals surface area contributed by atoms with Gasteiger partial charge in [0.2, 0.25) is 0 Å². The highest BCUT2D eigenvalue weighted by Crippen LogP contribution is 2.11. The average molecular weight is 278 g/mol. The maximum absolute atomic E-state index is 11.7. The number of ether oxygens (including phenoxy) is 1. The molecule has 1 aromatic rings. The Labute approximate surface area is 119 Å². The van der Waals surface area contributed by atoms with Gasteiger partial charge in [-0.1, -0.05) is 6.92 Å². The minimum atomic E-state index is -0.389. The number of likely N-dealkylation sites (tertiary alicyclic amines) is 1. The molecule has 0 amide bonds. The zero-order chi connectivity index (χ0) is 14.4. The van der Waals surface area contributed by atoms with Gasteiger partial charge >= 0.3 is 5.97 Å². The molecule has 6 heteroatoms. The number of carbonyl (C=O) groups is 1. The Balaban J connectivity index is 1.70. The lowest BCUT2D eigenvalue weighted by atomic mass is 10.0. The summed E-state index contributed by atoms with van der Waals surface area (Å²) in [5.41, 5.74) is 6.18. The van der Waals surface area contributed by atoms with Crippen molar-refractivity contribution in [1.29, 1.82) is 0 Å². The minimum Gasteiger partial charge on any atom is -0.461 e. The van der Waals surface area contributed by atoms with E-state index in [1.54, 1.807) is 6.07 Å². The Bertz CT molecular complexity index is 418. The lowest BCUT2D eigenvalue weighted by Gasteiger charge is -2.31. The second-order valence-corrected chi connectivity index (χ2v) is 5.44. The first-order chi connectivity index (χ1) is 9.65. The molecule has 2 N–H and O–H groups in total. The van der Waals surface area contributed by atoms with Gasteiger partial charge in [-0.2, -0.15) is 0 Å². The number of rotatable bonds is 5. The molecule has 0 aromatic carbocycles. The van der Waals surface area contributed by atoms with Gasteiger partial charge in [0, 0.05) is 24.7 Å². The first-order valence-electron chi connectivity index (χ1n) is 7.06. The molecular formula is C14H22N4O2. The highest BCUT2D eigenvalue weighted by molar-refractivity contribution is 5.86. The van der Waals surface area contributed by atoms with Gasteiger partial charge in [-0.05, 0) is 32.0 Å². The summed E-state index contributed by atoms with van der Waals surface area (Å²) in [6.07, 6.45) is 4.97. The van der Waals surface area contributed by atoms with Gasteiger partial charge in [-0.25, -0.2) is 14.8 Å². The van der Waals surface area contributed by atoms with Crippen LogP contribution in [-0.2, 0) is 4.74 Å². The molecule has 1 aromatic heterocycles. The molecule has 0 radical (unpaired) electrons. The first kappa shape index (κ1) is 14.9. The van der Waals surface area contributed by atoms with Gasteiger partial charge in [0.05, 0.1) is 6.61 Å². The Morgan fingerprint density at radius 3 is 2.95 bits per heavy atom. The summed E-state index contributed by atoms with van der Waals surface area (Å²) in [5.74, 6) is -0.0879. The van der Waals surface area contributed by atoms with Crippen LogP contribution >= 0.6 is 0 Å². The largest absolute Gasteiger partial charge is 0.461 e. The van der Waals surface area contributed by atoms with Crippen LogP contribution in [0.2, 0.25) is 0 Å². The molecule has 1 aliphatic heterocycles. The summed E-state index contributed by atoms with van der Waals surface area (Å²) in [5, 5.41) is 0. The van der Waals surface area contributed by atoms with Gasteiger partial charge in [0.15, 0.2) is 5.69 Å². The number of nitrogens with two attached hydrogens (primary N) is 1. The predicted molar refractivity (Wildman–Crippen MR) is 75.1 cm³/mol. The molecule has 0 spiro atoms. The Hall–Kier alpha value is -1.53. The monoisotopic (exact) mass is 278 g/mol. The maximum Gasteiger partial charge on any atom is 0.357 e. The van der Waals surface area contributed by atoms with Crippen molar-refractivity contribution in [3.8, 4) is 0 Å². The number of piperidine rings is 1. The smallest absolute Gasteiger partial charge is 0.357 e. The lowest BCUT2D eigenvalue weighted by molar-refractivity contribution is 0.0406. The van der Waals surface area contributed by atoms with Crippen LogP contribution in [0.1, 0.15) is 30.3 Å². The summed E-state index contributed by atoms with van der Waals surface area (Å²) in [4.78, 5) is 21.8. The molecule has 2 heterocycles. The van der Waals surface area contributed by atoms with Crippen LogP contribution in [0.15, 0.2) is 18.6 Å². The second-order valence-electron chi connectivity index (χ2n) is 5.44. The van der Waals surface area contributed by atoms with Crippen LogP contribution in [0.25, 0.3) is 0 Å². The molecule has 20 heavy (non-hydrogen) atoms. The van der Waals surface area contributed by atoms with Crippen LogP contribution in [0.4, 0.5) is 0 Å². The van der Waals surface area contributed by atoms with Crippen molar-refractivity contribution in [1.82, 2.24) is 14.9 Å². The van der Waals surface area contributed by atoms with E-state index in [4.69, 9.17) is 10.5 Å². The molecule has 1 aliphatic rings. The quantitative estimate of drug-likeness (QED) is 0.798. The Morgan fingerprint density at radius 1 is 1.55 bits per heavy atom. The zero-order valence-corrected chi connectivity index (χ0v) is 11.9.